The van der Waals surface area contributed by atoms with Crippen LogP contribution >= 0.6 is 11.6 Å². The van der Waals surface area contributed by atoms with Crippen molar-refractivity contribution in [2.24, 2.45) is 0 Å². The predicted octanol–water partition coefficient (Wildman–Crippen LogP) is 3.77. The SMILES string of the molecule is Cc1cccc(Cl)c1NC(=O)C(c1ccc(O)cc1)N(CCO)C(=O)C(C)NC(=O)OC(C)(C)C. The average Bonchev–Trinajstić information content (AvgIpc) is 2.75. The highest BCUT2D eigenvalue weighted by molar-refractivity contribution is 6.34. The standard InChI is InChI=1S/C25H32ClN3O6/c1-15-7-6-8-19(26)20(15)28-22(32)21(17-9-11-18(31)12-10-17)29(13-14-30)23(33)16(2)27-24(34)35-25(3,4)5/h6-12,16,21,30-31H,13-14H2,1-5H3,(H,27,34)(H,28,32). The number of para-hydroxylation sites is 1. The fourth-order valence-corrected chi connectivity index (χ4v) is 3.65. The number of nitrogens with zero attached hydrogens (tertiary/aromatic N) is 1. The highest BCUT2D eigenvalue weighted by Gasteiger charge is 2.35. The molecule has 35 heavy (non-hydrogen) atoms. The van der Waals surface area contributed by atoms with E-state index in [0.29, 0.717) is 16.3 Å². The molecule has 0 aliphatic heterocycles. The van der Waals surface area contributed by atoms with Crippen LogP contribution in [0.25, 0.3) is 0 Å². The topological polar surface area (TPSA) is 128 Å². The summed E-state index contributed by atoms with van der Waals surface area (Å²) in [5, 5.41) is 25.0. The number of ether oxygens (including phenoxy) is 1. The van der Waals surface area contributed by atoms with E-state index < -0.39 is 42.2 Å². The van der Waals surface area contributed by atoms with Crippen molar-refractivity contribution in [3.8, 4) is 5.75 Å². The number of carbonyl (C=O) groups excluding carboxylic acids is 3. The summed E-state index contributed by atoms with van der Waals surface area (Å²) in [5.41, 5.74) is 0.727. The quantitative estimate of drug-likeness (QED) is 0.432. The smallest absolute Gasteiger partial charge is 0.408 e. The van der Waals surface area contributed by atoms with E-state index in [1.165, 1.54) is 31.2 Å². The Morgan fingerprint density at radius 2 is 1.74 bits per heavy atom. The van der Waals surface area contributed by atoms with Crippen LogP contribution in [0.15, 0.2) is 42.5 Å². The number of phenols is 1. The summed E-state index contributed by atoms with van der Waals surface area (Å²) < 4.78 is 5.22. The fourth-order valence-electron chi connectivity index (χ4n) is 3.38. The number of aliphatic hydroxyl groups is 1. The van der Waals surface area contributed by atoms with Crippen LogP contribution in [-0.2, 0) is 14.3 Å². The van der Waals surface area contributed by atoms with E-state index in [2.05, 4.69) is 10.6 Å². The number of halogens is 1. The summed E-state index contributed by atoms with van der Waals surface area (Å²) >= 11 is 6.28. The number of anilines is 1. The van der Waals surface area contributed by atoms with Crippen molar-refractivity contribution in [3.05, 3.63) is 58.6 Å². The van der Waals surface area contributed by atoms with E-state index in [1.807, 2.05) is 0 Å². The molecule has 10 heteroatoms. The van der Waals surface area contributed by atoms with Gasteiger partial charge in [0.15, 0.2) is 0 Å². The number of aliphatic hydroxyl groups excluding tert-OH is 1. The van der Waals surface area contributed by atoms with Gasteiger partial charge in [-0.2, -0.15) is 0 Å². The molecular weight excluding hydrogens is 474 g/mol. The van der Waals surface area contributed by atoms with E-state index in [0.717, 1.165) is 10.5 Å². The molecule has 190 valence electrons. The molecule has 0 saturated heterocycles. The summed E-state index contributed by atoms with van der Waals surface area (Å²) in [6, 6.07) is 8.67. The number of alkyl carbamates (subject to hydrolysis) is 1. The van der Waals surface area contributed by atoms with Crippen LogP contribution in [0.2, 0.25) is 5.02 Å². The van der Waals surface area contributed by atoms with Crippen molar-refractivity contribution in [3.63, 3.8) is 0 Å². The van der Waals surface area contributed by atoms with Gasteiger partial charge in [0.25, 0.3) is 5.91 Å². The maximum atomic E-state index is 13.5. The van der Waals surface area contributed by atoms with Crippen LogP contribution in [-0.4, -0.2) is 57.8 Å². The molecule has 2 aromatic carbocycles. The molecule has 3 amide bonds. The number of carbonyl (C=O) groups is 3. The number of benzene rings is 2. The van der Waals surface area contributed by atoms with E-state index in [4.69, 9.17) is 16.3 Å². The van der Waals surface area contributed by atoms with Crippen LogP contribution in [0.3, 0.4) is 0 Å². The van der Waals surface area contributed by atoms with Crippen molar-refractivity contribution in [1.29, 1.82) is 0 Å². The summed E-state index contributed by atoms with van der Waals surface area (Å²) in [5.74, 6) is -1.22. The number of nitrogens with one attached hydrogen (secondary N) is 2. The molecule has 2 unspecified atom stereocenters. The Bertz CT molecular complexity index is 1030. The van der Waals surface area contributed by atoms with Crippen molar-refractivity contribution in [2.75, 3.05) is 18.5 Å². The number of amides is 3. The molecule has 0 bridgehead atoms. The number of aromatic hydroxyl groups is 1. The largest absolute Gasteiger partial charge is 0.508 e. The first kappa shape index (κ1) is 27.9. The third-order valence-corrected chi connectivity index (χ3v) is 5.28. The zero-order chi connectivity index (χ0) is 26.3. The molecule has 0 heterocycles. The van der Waals surface area contributed by atoms with Crippen molar-refractivity contribution < 1.29 is 29.3 Å². The van der Waals surface area contributed by atoms with Gasteiger partial charge in [0.1, 0.15) is 23.4 Å². The van der Waals surface area contributed by atoms with Gasteiger partial charge >= 0.3 is 6.09 Å². The lowest BCUT2D eigenvalue weighted by atomic mass is 10.0. The van der Waals surface area contributed by atoms with Gasteiger partial charge in [-0.25, -0.2) is 4.79 Å². The van der Waals surface area contributed by atoms with Crippen LogP contribution in [0.4, 0.5) is 10.5 Å². The normalized spacial score (nSPS) is 12.9. The van der Waals surface area contributed by atoms with Gasteiger partial charge < -0.3 is 30.5 Å². The van der Waals surface area contributed by atoms with Gasteiger partial charge in [-0.05, 0) is 63.9 Å². The zero-order valence-electron chi connectivity index (χ0n) is 20.5. The monoisotopic (exact) mass is 505 g/mol. The molecule has 0 radical (unpaired) electrons. The molecule has 0 aromatic heterocycles. The molecule has 0 aliphatic rings. The fraction of sp³-hybridized carbons (Fsp3) is 0.400. The van der Waals surface area contributed by atoms with Gasteiger partial charge in [-0.3, -0.25) is 9.59 Å². The Labute approximate surface area is 210 Å². The Hall–Kier alpha value is -3.30. The molecule has 2 aromatic rings. The van der Waals surface area contributed by atoms with Crippen LogP contribution in [0.1, 0.15) is 44.9 Å². The number of rotatable bonds is 8. The highest BCUT2D eigenvalue weighted by Crippen LogP contribution is 2.29. The number of hydrogen-bond donors (Lipinski definition) is 4. The number of hydrogen-bond acceptors (Lipinski definition) is 6. The Balaban J connectivity index is 2.42. The first-order valence-corrected chi connectivity index (χ1v) is 11.5. The maximum Gasteiger partial charge on any atom is 0.408 e. The van der Waals surface area contributed by atoms with E-state index >= 15 is 0 Å². The molecule has 0 fully saturated rings. The van der Waals surface area contributed by atoms with Crippen molar-refractivity contribution in [2.45, 2.75) is 52.3 Å². The third kappa shape index (κ3) is 7.87. The van der Waals surface area contributed by atoms with Gasteiger partial charge in [-0.15, -0.1) is 0 Å². The second-order valence-electron chi connectivity index (χ2n) is 9.04. The minimum atomic E-state index is -1.20. The van der Waals surface area contributed by atoms with Crippen molar-refractivity contribution >= 4 is 35.2 Å². The lowest BCUT2D eigenvalue weighted by Crippen LogP contribution is -2.52. The predicted molar refractivity (Wildman–Crippen MR) is 133 cm³/mol. The van der Waals surface area contributed by atoms with Gasteiger partial charge in [0, 0.05) is 6.54 Å². The average molecular weight is 506 g/mol. The Morgan fingerprint density at radius 1 is 1.11 bits per heavy atom. The zero-order valence-corrected chi connectivity index (χ0v) is 21.2. The number of phenolic OH excluding ortho intramolecular Hbond substituents is 1. The van der Waals surface area contributed by atoms with Gasteiger partial charge in [-0.1, -0.05) is 35.9 Å². The minimum Gasteiger partial charge on any atom is -0.508 e. The van der Waals surface area contributed by atoms with E-state index in [-0.39, 0.29) is 12.3 Å². The number of aryl methyl sites for hydroxylation is 1. The summed E-state index contributed by atoms with van der Waals surface area (Å²) in [7, 11) is 0. The maximum absolute atomic E-state index is 13.5. The van der Waals surface area contributed by atoms with E-state index in [9.17, 15) is 24.6 Å². The second-order valence-corrected chi connectivity index (χ2v) is 9.45. The van der Waals surface area contributed by atoms with Crippen molar-refractivity contribution in [1.82, 2.24) is 10.2 Å². The van der Waals surface area contributed by atoms with E-state index in [1.54, 1.807) is 45.9 Å². The van der Waals surface area contributed by atoms with Crippen LogP contribution in [0, 0.1) is 6.92 Å². The first-order valence-electron chi connectivity index (χ1n) is 11.1. The van der Waals surface area contributed by atoms with Crippen LogP contribution < -0.4 is 10.6 Å². The molecule has 0 aliphatic carbocycles. The van der Waals surface area contributed by atoms with Crippen LogP contribution in [0.5, 0.6) is 5.75 Å². The third-order valence-electron chi connectivity index (χ3n) is 4.97. The molecule has 0 spiro atoms. The molecule has 4 N–H and O–H groups in total. The highest BCUT2D eigenvalue weighted by atomic mass is 35.5. The Kier molecular flexibility index (Phi) is 9.50. The molecule has 2 atom stereocenters. The minimum absolute atomic E-state index is 0.0187. The summed E-state index contributed by atoms with van der Waals surface area (Å²) in [6.45, 7) is 7.69. The molecular formula is C25H32ClN3O6. The Morgan fingerprint density at radius 3 is 2.29 bits per heavy atom. The summed E-state index contributed by atoms with van der Waals surface area (Å²) in [4.78, 5) is 40.3. The summed E-state index contributed by atoms with van der Waals surface area (Å²) in [6.07, 6.45) is -0.792. The first-order chi connectivity index (χ1) is 16.3. The lowest BCUT2D eigenvalue weighted by molar-refractivity contribution is -0.141. The van der Waals surface area contributed by atoms with Gasteiger partial charge in [0.2, 0.25) is 5.91 Å². The molecule has 9 nitrogen and oxygen atoms in total. The molecule has 2 rings (SSSR count). The van der Waals surface area contributed by atoms with Gasteiger partial charge in [0.05, 0.1) is 17.3 Å². The molecule has 0 saturated carbocycles. The second kappa shape index (κ2) is 11.9. The lowest BCUT2D eigenvalue weighted by Gasteiger charge is -2.33.